The van der Waals surface area contributed by atoms with E-state index in [0.717, 1.165) is 5.56 Å². The Kier molecular flexibility index (Phi) is 5.49. The summed E-state index contributed by atoms with van der Waals surface area (Å²) in [6.45, 7) is 8.24. The second-order valence-corrected chi connectivity index (χ2v) is 8.26. The molecule has 1 fully saturated rings. The minimum Gasteiger partial charge on any atom is -0.444 e. The molecule has 0 N–H and O–H groups in total. The molecule has 0 spiro atoms. The van der Waals surface area contributed by atoms with E-state index in [2.05, 4.69) is 27.5 Å². The molecule has 1 aromatic carbocycles. The molecule has 1 aliphatic heterocycles. The maximum atomic E-state index is 12.4. The Morgan fingerprint density at radius 2 is 1.79 bits per heavy atom. The first kappa shape index (κ1) is 20.0. The Morgan fingerprint density at radius 1 is 1.14 bits per heavy atom. The molecule has 1 aliphatic rings. The quantitative estimate of drug-likeness (QED) is 0.803. The highest BCUT2D eigenvalue weighted by Crippen LogP contribution is 2.40. The smallest absolute Gasteiger partial charge is 0.410 e. The highest BCUT2D eigenvalue weighted by molar-refractivity contribution is 5.74. The molecule has 1 saturated heterocycles. The molecule has 150 valence electrons. The summed E-state index contributed by atoms with van der Waals surface area (Å²) in [5, 5.41) is 12.8. The fraction of sp³-hybridized carbons (Fsp3) is 0.550. The number of aromatic nitrogens is 4. The van der Waals surface area contributed by atoms with Crippen LogP contribution in [0.5, 0.6) is 0 Å². The van der Waals surface area contributed by atoms with Gasteiger partial charge in [0.1, 0.15) is 12.1 Å². The van der Waals surface area contributed by atoms with Gasteiger partial charge in [0, 0.05) is 13.1 Å². The molecule has 28 heavy (non-hydrogen) atoms. The number of benzene rings is 1. The van der Waals surface area contributed by atoms with Gasteiger partial charge in [-0.25, -0.2) is 4.79 Å². The molecule has 8 heteroatoms. The molecule has 1 aromatic heterocycles. The van der Waals surface area contributed by atoms with E-state index in [1.807, 2.05) is 39.0 Å². The van der Waals surface area contributed by atoms with Crippen molar-refractivity contribution in [3.8, 4) is 0 Å². The molecular formula is C20H27N5O3. The van der Waals surface area contributed by atoms with Gasteiger partial charge in [0.2, 0.25) is 0 Å². The summed E-state index contributed by atoms with van der Waals surface area (Å²) in [5.41, 5.74) is 0.109. The highest BCUT2D eigenvalue weighted by atomic mass is 16.6. The first-order chi connectivity index (χ1) is 13.2. The van der Waals surface area contributed by atoms with Gasteiger partial charge in [-0.3, -0.25) is 4.79 Å². The number of nitrogens with zero attached hydrogens (tertiary/aromatic N) is 5. The zero-order chi connectivity index (χ0) is 20.4. The van der Waals surface area contributed by atoms with Crippen LogP contribution >= 0.6 is 0 Å². The SMILES string of the molecule is CC(=O)Cn1nnc(C2(c3ccccc3)CCN(C(=O)OC(C)(C)C)CC2)n1. The molecule has 2 aromatic rings. The molecular weight excluding hydrogens is 358 g/mol. The van der Waals surface area contributed by atoms with Gasteiger partial charge in [0.25, 0.3) is 0 Å². The van der Waals surface area contributed by atoms with Gasteiger partial charge in [-0.05, 0) is 51.3 Å². The molecule has 0 aliphatic carbocycles. The fourth-order valence-electron chi connectivity index (χ4n) is 3.50. The average molecular weight is 385 g/mol. The van der Waals surface area contributed by atoms with Crippen molar-refractivity contribution in [3.63, 3.8) is 0 Å². The molecule has 0 atom stereocenters. The molecule has 0 unspecified atom stereocenters. The number of ether oxygens (including phenoxy) is 1. The van der Waals surface area contributed by atoms with Crippen molar-refractivity contribution in [1.82, 2.24) is 25.1 Å². The molecule has 0 saturated carbocycles. The van der Waals surface area contributed by atoms with E-state index in [1.165, 1.54) is 11.7 Å². The van der Waals surface area contributed by atoms with E-state index in [-0.39, 0.29) is 18.4 Å². The van der Waals surface area contributed by atoms with Gasteiger partial charge < -0.3 is 9.64 Å². The third-order valence-corrected chi connectivity index (χ3v) is 4.84. The maximum absolute atomic E-state index is 12.4. The number of hydrogen-bond acceptors (Lipinski definition) is 6. The molecule has 0 radical (unpaired) electrons. The van der Waals surface area contributed by atoms with Crippen LogP contribution in [0.25, 0.3) is 0 Å². The van der Waals surface area contributed by atoms with Crippen LogP contribution in [0.4, 0.5) is 4.79 Å². The van der Waals surface area contributed by atoms with Crippen LogP contribution in [0.3, 0.4) is 0 Å². The maximum Gasteiger partial charge on any atom is 0.410 e. The van der Waals surface area contributed by atoms with Crippen molar-refractivity contribution in [2.45, 2.75) is 58.1 Å². The summed E-state index contributed by atoms with van der Waals surface area (Å²) in [6.07, 6.45) is 1.01. The van der Waals surface area contributed by atoms with Crippen molar-refractivity contribution >= 4 is 11.9 Å². The van der Waals surface area contributed by atoms with Gasteiger partial charge in [-0.15, -0.1) is 10.2 Å². The van der Waals surface area contributed by atoms with Crippen LogP contribution in [0.2, 0.25) is 0 Å². The Morgan fingerprint density at radius 3 is 2.36 bits per heavy atom. The number of ketones is 1. The van der Waals surface area contributed by atoms with Gasteiger partial charge in [0.15, 0.2) is 11.6 Å². The number of tetrazole rings is 1. The Hall–Kier alpha value is -2.77. The minimum atomic E-state index is -0.526. The van der Waals surface area contributed by atoms with E-state index in [4.69, 9.17) is 4.74 Å². The summed E-state index contributed by atoms with van der Waals surface area (Å²) in [7, 11) is 0. The lowest BCUT2D eigenvalue weighted by molar-refractivity contribution is -0.117. The fourth-order valence-corrected chi connectivity index (χ4v) is 3.50. The summed E-state index contributed by atoms with van der Waals surface area (Å²) in [6, 6.07) is 10.0. The number of rotatable bonds is 4. The predicted molar refractivity (Wildman–Crippen MR) is 103 cm³/mol. The number of piperidine rings is 1. The summed E-state index contributed by atoms with van der Waals surface area (Å²) < 4.78 is 5.51. The average Bonchev–Trinajstić information content (AvgIpc) is 3.09. The number of amides is 1. The third-order valence-electron chi connectivity index (χ3n) is 4.84. The van der Waals surface area contributed by atoms with Crippen molar-refractivity contribution in [2.24, 2.45) is 0 Å². The van der Waals surface area contributed by atoms with Crippen molar-refractivity contribution in [2.75, 3.05) is 13.1 Å². The summed E-state index contributed by atoms with van der Waals surface area (Å²) in [5.74, 6) is 0.557. The molecule has 1 amide bonds. The zero-order valence-electron chi connectivity index (χ0n) is 16.9. The topological polar surface area (TPSA) is 90.2 Å². The van der Waals surface area contributed by atoms with E-state index >= 15 is 0 Å². The Balaban J connectivity index is 1.86. The summed E-state index contributed by atoms with van der Waals surface area (Å²) >= 11 is 0. The third kappa shape index (κ3) is 4.37. The molecule has 2 heterocycles. The van der Waals surface area contributed by atoms with E-state index < -0.39 is 11.0 Å². The second-order valence-electron chi connectivity index (χ2n) is 8.26. The number of carbonyl (C=O) groups is 2. The van der Waals surface area contributed by atoms with Gasteiger partial charge in [-0.2, -0.15) is 4.80 Å². The lowest BCUT2D eigenvalue weighted by Gasteiger charge is -2.40. The van der Waals surface area contributed by atoms with Crippen LogP contribution < -0.4 is 0 Å². The van der Waals surface area contributed by atoms with Crippen molar-refractivity contribution in [3.05, 3.63) is 41.7 Å². The van der Waals surface area contributed by atoms with Gasteiger partial charge in [0.05, 0.1) is 5.41 Å². The van der Waals surface area contributed by atoms with Crippen molar-refractivity contribution in [1.29, 1.82) is 0 Å². The standard InChI is InChI=1S/C20H27N5O3/c1-15(26)14-25-22-17(21-23-25)20(16-8-6-5-7-9-16)10-12-24(13-11-20)18(27)28-19(2,3)4/h5-9H,10-14H2,1-4H3. The number of Topliss-reactive ketones (excluding diaryl/α,β-unsaturated/α-hetero) is 1. The lowest BCUT2D eigenvalue weighted by atomic mass is 9.72. The highest BCUT2D eigenvalue weighted by Gasteiger charge is 2.43. The van der Waals surface area contributed by atoms with Crippen LogP contribution in [-0.4, -0.2) is 55.7 Å². The van der Waals surface area contributed by atoms with Crippen LogP contribution in [0.1, 0.15) is 51.9 Å². The zero-order valence-corrected chi connectivity index (χ0v) is 16.9. The van der Waals surface area contributed by atoms with Gasteiger partial charge in [-0.1, -0.05) is 30.3 Å². The van der Waals surface area contributed by atoms with E-state index in [1.54, 1.807) is 4.90 Å². The first-order valence-electron chi connectivity index (χ1n) is 9.51. The van der Waals surface area contributed by atoms with E-state index in [0.29, 0.717) is 31.8 Å². The lowest BCUT2D eigenvalue weighted by Crippen LogP contribution is -2.47. The first-order valence-corrected chi connectivity index (χ1v) is 9.51. The molecule has 0 bridgehead atoms. The van der Waals surface area contributed by atoms with Crippen LogP contribution in [-0.2, 0) is 21.5 Å². The number of hydrogen-bond donors (Lipinski definition) is 0. The van der Waals surface area contributed by atoms with Crippen molar-refractivity contribution < 1.29 is 14.3 Å². The van der Waals surface area contributed by atoms with Gasteiger partial charge >= 0.3 is 6.09 Å². The molecule has 8 nitrogen and oxygen atoms in total. The number of likely N-dealkylation sites (tertiary alicyclic amines) is 1. The largest absolute Gasteiger partial charge is 0.444 e. The number of carbonyl (C=O) groups excluding carboxylic acids is 2. The summed E-state index contributed by atoms with van der Waals surface area (Å²) in [4.78, 5) is 26.9. The Labute approximate surface area is 164 Å². The van der Waals surface area contributed by atoms with Crippen LogP contribution in [0, 0.1) is 0 Å². The second kappa shape index (κ2) is 7.69. The minimum absolute atomic E-state index is 0.0301. The monoisotopic (exact) mass is 385 g/mol. The predicted octanol–water partition coefficient (Wildman–Crippen LogP) is 2.58. The van der Waals surface area contributed by atoms with Crippen LogP contribution in [0.15, 0.2) is 30.3 Å². The van der Waals surface area contributed by atoms with E-state index in [9.17, 15) is 9.59 Å². The normalized spacial score (nSPS) is 16.6. The molecule has 3 rings (SSSR count). The Bertz CT molecular complexity index is 833.